The van der Waals surface area contributed by atoms with Gasteiger partial charge in [-0.1, -0.05) is 12.1 Å². The van der Waals surface area contributed by atoms with Crippen molar-refractivity contribution in [2.45, 2.75) is 111 Å². The van der Waals surface area contributed by atoms with Crippen molar-refractivity contribution in [3.8, 4) is 23.0 Å². The first-order valence-corrected chi connectivity index (χ1v) is 19.7. The standard InChI is InChI=1S/C41H46O25/c42-19-5-1-17(9-20(19)43)3-7-29(48)62-24-15-41(60,12-22(45)32(24)51)39(58)61-16-27-34(53)35(54)36(55)37(66-27)65-23-6-2-18(10-21(23)44)4-8-30(49)63-25-13-40(59,38(56)57)14-26(33(25)52)64-31(50)11-28(46)47/h1-10,22,24-27,32-37,42-45,51-55,59-60H,11-16H2,(H,46,47)(H,56,57)/b7-3+,8-4+/t22-,24-,25-,26-,27-,32-,33+,34-,35+,36-,37-,40-,41+/m1/s1. The van der Waals surface area contributed by atoms with Crippen molar-refractivity contribution in [1.82, 2.24) is 0 Å². The van der Waals surface area contributed by atoms with E-state index in [0.29, 0.717) is 0 Å². The molecule has 0 spiro atoms. The highest BCUT2D eigenvalue weighted by Crippen LogP contribution is 2.36. The third-order valence-corrected chi connectivity index (χ3v) is 10.7. The van der Waals surface area contributed by atoms with E-state index in [-0.39, 0.29) is 11.1 Å². The van der Waals surface area contributed by atoms with Crippen LogP contribution in [-0.2, 0) is 52.5 Å². The molecule has 2 aromatic carbocycles. The highest BCUT2D eigenvalue weighted by atomic mass is 16.7. The van der Waals surface area contributed by atoms with Crippen LogP contribution >= 0.6 is 0 Å². The van der Waals surface area contributed by atoms with E-state index in [4.69, 9.17) is 33.5 Å². The molecule has 0 aromatic heterocycles. The van der Waals surface area contributed by atoms with Gasteiger partial charge < -0.3 is 94.8 Å². The second-order valence-corrected chi connectivity index (χ2v) is 15.7. The highest BCUT2D eigenvalue weighted by Gasteiger charge is 2.54. The molecule has 25 heteroatoms. The van der Waals surface area contributed by atoms with Gasteiger partial charge in [0, 0.05) is 37.8 Å². The number of esters is 4. The molecule has 3 aliphatic rings. The minimum absolute atomic E-state index is 0.0795. The quantitative estimate of drug-likeness (QED) is 0.0273. The van der Waals surface area contributed by atoms with Gasteiger partial charge in [0.15, 0.2) is 34.2 Å². The maximum Gasteiger partial charge on any atom is 0.338 e. The normalized spacial score (nSPS) is 32.3. The molecule has 66 heavy (non-hydrogen) atoms. The van der Waals surface area contributed by atoms with Gasteiger partial charge in [-0.15, -0.1) is 0 Å². The summed E-state index contributed by atoms with van der Waals surface area (Å²) in [6.07, 6.45) is -20.7. The zero-order valence-electron chi connectivity index (χ0n) is 34.1. The van der Waals surface area contributed by atoms with E-state index in [1.54, 1.807) is 0 Å². The van der Waals surface area contributed by atoms with Crippen molar-refractivity contribution in [3.63, 3.8) is 0 Å². The van der Waals surface area contributed by atoms with Crippen LogP contribution in [0.4, 0.5) is 0 Å². The van der Waals surface area contributed by atoms with Gasteiger partial charge in [-0.3, -0.25) is 9.59 Å². The number of carbonyl (C=O) groups excluding carboxylic acids is 4. The number of aliphatic carboxylic acids is 2. The fourth-order valence-corrected chi connectivity index (χ4v) is 7.15. The first kappa shape index (κ1) is 50.6. The molecule has 1 saturated heterocycles. The Labute approximate surface area is 371 Å². The van der Waals surface area contributed by atoms with Crippen LogP contribution in [0.15, 0.2) is 48.6 Å². The summed E-state index contributed by atoms with van der Waals surface area (Å²) < 4.78 is 31.2. The van der Waals surface area contributed by atoms with Gasteiger partial charge in [-0.05, 0) is 47.5 Å². The number of ether oxygens (including phenoxy) is 6. The van der Waals surface area contributed by atoms with Crippen LogP contribution in [-0.4, -0.2) is 187 Å². The number of aliphatic hydroxyl groups is 8. The molecule has 0 bridgehead atoms. The van der Waals surface area contributed by atoms with Crippen LogP contribution in [0.3, 0.4) is 0 Å². The number of hydrogen-bond donors (Lipinski definition) is 13. The topological polar surface area (TPSA) is 421 Å². The van der Waals surface area contributed by atoms with E-state index in [2.05, 4.69) is 0 Å². The van der Waals surface area contributed by atoms with Crippen LogP contribution in [0, 0.1) is 0 Å². The van der Waals surface area contributed by atoms with Crippen molar-refractivity contribution >= 4 is 48.0 Å². The number of phenolic OH excluding ortho intramolecular Hbond substituents is 3. The molecule has 2 aromatic rings. The van der Waals surface area contributed by atoms with Crippen LogP contribution in [0.2, 0.25) is 0 Å². The first-order valence-electron chi connectivity index (χ1n) is 19.7. The molecular formula is C41H46O25. The predicted octanol–water partition coefficient (Wildman–Crippen LogP) is -3.31. The van der Waals surface area contributed by atoms with Crippen molar-refractivity contribution in [2.75, 3.05) is 6.61 Å². The lowest BCUT2D eigenvalue weighted by Gasteiger charge is -2.41. The Morgan fingerprint density at radius 3 is 1.74 bits per heavy atom. The number of aromatic hydroxyl groups is 3. The lowest BCUT2D eigenvalue weighted by Crippen LogP contribution is -2.61. The van der Waals surface area contributed by atoms with Gasteiger partial charge in [0.05, 0.1) is 6.10 Å². The number of hydrogen-bond acceptors (Lipinski definition) is 23. The lowest BCUT2D eigenvalue weighted by atomic mass is 9.79. The van der Waals surface area contributed by atoms with E-state index >= 15 is 0 Å². The number of carboxylic acids is 2. The molecule has 25 nitrogen and oxygen atoms in total. The Balaban J connectivity index is 1.17. The molecule has 1 aliphatic heterocycles. The largest absolute Gasteiger partial charge is 0.504 e. The Morgan fingerprint density at radius 1 is 0.636 bits per heavy atom. The monoisotopic (exact) mass is 938 g/mol. The number of aliphatic hydroxyl groups excluding tert-OH is 6. The summed E-state index contributed by atoms with van der Waals surface area (Å²) in [5.74, 6) is -10.5. The molecule has 3 fully saturated rings. The maximum absolute atomic E-state index is 13.2. The maximum atomic E-state index is 13.2. The second kappa shape index (κ2) is 20.8. The number of carbonyl (C=O) groups is 6. The van der Waals surface area contributed by atoms with Gasteiger partial charge >= 0.3 is 35.8 Å². The first-order chi connectivity index (χ1) is 30.9. The van der Waals surface area contributed by atoms with E-state index in [0.717, 1.165) is 42.5 Å². The Morgan fingerprint density at radius 2 is 1.18 bits per heavy atom. The fourth-order valence-electron chi connectivity index (χ4n) is 7.15. The molecule has 2 saturated carbocycles. The average Bonchev–Trinajstić information content (AvgIpc) is 3.24. The zero-order valence-corrected chi connectivity index (χ0v) is 34.1. The minimum atomic E-state index is -2.65. The predicted molar refractivity (Wildman–Crippen MR) is 210 cm³/mol. The molecule has 0 radical (unpaired) electrons. The van der Waals surface area contributed by atoms with Crippen LogP contribution in [0.1, 0.15) is 43.2 Å². The number of rotatable bonds is 15. The molecule has 13 N–H and O–H groups in total. The Kier molecular flexibility index (Phi) is 16.0. The molecule has 0 unspecified atom stereocenters. The van der Waals surface area contributed by atoms with Gasteiger partial charge in [0.25, 0.3) is 0 Å². The van der Waals surface area contributed by atoms with Crippen molar-refractivity contribution < 1.29 is 124 Å². The van der Waals surface area contributed by atoms with Gasteiger partial charge in [-0.25, -0.2) is 19.2 Å². The number of benzene rings is 2. The molecule has 1 heterocycles. The van der Waals surface area contributed by atoms with E-state index < -0.39 is 176 Å². The summed E-state index contributed by atoms with van der Waals surface area (Å²) in [5.41, 5.74) is -4.90. The molecule has 2 aliphatic carbocycles. The Hall–Kier alpha value is -6.42. The number of carboxylic acid groups (broad SMARTS) is 2. The Bertz CT molecular complexity index is 2210. The summed E-state index contributed by atoms with van der Waals surface area (Å²) in [6.45, 7) is -0.924. The molecular weight excluding hydrogens is 892 g/mol. The van der Waals surface area contributed by atoms with Gasteiger partial charge in [0.2, 0.25) is 6.29 Å². The number of phenols is 3. The average molecular weight is 939 g/mol. The molecule has 13 atom stereocenters. The van der Waals surface area contributed by atoms with E-state index in [9.17, 15) is 90.0 Å². The van der Waals surface area contributed by atoms with E-state index in [1.807, 2.05) is 0 Å². The smallest absolute Gasteiger partial charge is 0.338 e. The zero-order chi connectivity index (χ0) is 48.8. The van der Waals surface area contributed by atoms with Crippen molar-refractivity contribution in [1.29, 1.82) is 0 Å². The van der Waals surface area contributed by atoms with Crippen LogP contribution < -0.4 is 4.74 Å². The van der Waals surface area contributed by atoms with Crippen LogP contribution in [0.5, 0.6) is 23.0 Å². The van der Waals surface area contributed by atoms with Crippen molar-refractivity contribution in [3.05, 3.63) is 59.7 Å². The summed E-state index contributed by atoms with van der Waals surface area (Å²) in [7, 11) is 0. The fraction of sp³-hybridized carbons (Fsp3) is 0.463. The molecule has 5 rings (SSSR count). The SMILES string of the molecule is O=C(O)CC(=O)O[C@@H]1C[C@@](O)(C(=O)O)C[C@@H](OC(=O)/C=C/c2ccc(O[C@@H]3O[C@H](COC(=O)[C@]4(O)C[C@@H](O)[C@@H](O)[C@H](OC(=O)/C=C/c5ccc(O)c(O)c5)C4)[C@@H](O)[C@H](O)[C@H]3O)c(O)c2)[C@@H]1O. The minimum Gasteiger partial charge on any atom is -0.504 e. The van der Waals surface area contributed by atoms with Crippen LogP contribution in [0.25, 0.3) is 12.2 Å². The lowest BCUT2D eigenvalue weighted by molar-refractivity contribution is -0.280. The molecule has 0 amide bonds. The van der Waals surface area contributed by atoms with Crippen molar-refractivity contribution in [2.24, 2.45) is 0 Å². The summed E-state index contributed by atoms with van der Waals surface area (Å²) in [6, 6.07) is 6.99. The van der Waals surface area contributed by atoms with Gasteiger partial charge in [0.1, 0.15) is 68.0 Å². The van der Waals surface area contributed by atoms with Gasteiger partial charge in [-0.2, -0.15) is 0 Å². The second-order valence-electron chi connectivity index (χ2n) is 15.7. The summed E-state index contributed by atoms with van der Waals surface area (Å²) in [4.78, 5) is 72.8. The summed E-state index contributed by atoms with van der Waals surface area (Å²) in [5, 5.41) is 133. The van der Waals surface area contributed by atoms with E-state index in [1.165, 1.54) is 18.2 Å². The third kappa shape index (κ3) is 12.3. The summed E-state index contributed by atoms with van der Waals surface area (Å²) >= 11 is 0. The molecule has 360 valence electrons. The highest BCUT2D eigenvalue weighted by molar-refractivity contribution is 5.90. The third-order valence-electron chi connectivity index (χ3n) is 10.7.